The highest BCUT2D eigenvalue weighted by Gasteiger charge is 2.26. The molecule has 0 bridgehead atoms. The van der Waals surface area contributed by atoms with Crippen LogP contribution in [0, 0.1) is 0 Å². The Morgan fingerprint density at radius 3 is 2.40 bits per heavy atom. The summed E-state index contributed by atoms with van der Waals surface area (Å²) in [6.07, 6.45) is 0. The van der Waals surface area contributed by atoms with Crippen molar-refractivity contribution in [3.8, 4) is 0 Å². The number of carbonyl (C=O) groups is 2. The van der Waals surface area contributed by atoms with Crippen LogP contribution in [0.2, 0.25) is 0 Å². The van der Waals surface area contributed by atoms with E-state index in [2.05, 4.69) is 24.5 Å². The predicted molar refractivity (Wildman–Crippen MR) is 78.9 cm³/mol. The summed E-state index contributed by atoms with van der Waals surface area (Å²) in [6, 6.07) is 7.59. The molecule has 1 rings (SSSR count). The van der Waals surface area contributed by atoms with Crippen LogP contribution in [0.4, 0.5) is 5.69 Å². The number of benzene rings is 1. The summed E-state index contributed by atoms with van der Waals surface area (Å²) in [5.74, 6) is -0.949. The number of hydrogen-bond donors (Lipinski definition) is 3. The van der Waals surface area contributed by atoms with Crippen LogP contribution in [0.25, 0.3) is 0 Å². The zero-order valence-corrected chi connectivity index (χ0v) is 12.4. The van der Waals surface area contributed by atoms with Gasteiger partial charge in [-0.2, -0.15) is 0 Å². The van der Waals surface area contributed by atoms with Crippen LogP contribution in [-0.4, -0.2) is 29.1 Å². The summed E-state index contributed by atoms with van der Waals surface area (Å²) in [5, 5.41) is 14.5. The molecule has 3 N–H and O–H groups in total. The molecule has 0 aliphatic carbocycles. The lowest BCUT2D eigenvalue weighted by Crippen LogP contribution is -2.49. The molecule has 1 aromatic carbocycles. The molecule has 20 heavy (non-hydrogen) atoms. The lowest BCUT2D eigenvalue weighted by molar-refractivity contribution is -0.143. The van der Waals surface area contributed by atoms with Gasteiger partial charge in [-0.05, 0) is 31.4 Å². The fourth-order valence-electron chi connectivity index (χ4n) is 1.69. The van der Waals surface area contributed by atoms with Gasteiger partial charge in [0.1, 0.15) is 5.54 Å². The van der Waals surface area contributed by atoms with Gasteiger partial charge in [0.2, 0.25) is 5.91 Å². The van der Waals surface area contributed by atoms with E-state index in [-0.39, 0.29) is 12.5 Å². The SMILES string of the molecule is CC(C)c1ccccc1NC(=O)CNC(C)(C)C(=O)O. The van der Waals surface area contributed by atoms with Gasteiger partial charge in [-0.3, -0.25) is 14.9 Å². The number of hydrogen-bond acceptors (Lipinski definition) is 3. The number of carboxylic acids is 1. The Morgan fingerprint density at radius 2 is 1.85 bits per heavy atom. The highest BCUT2D eigenvalue weighted by Crippen LogP contribution is 2.23. The standard InChI is InChI=1S/C15H22N2O3/c1-10(2)11-7-5-6-8-12(11)17-13(18)9-16-15(3,4)14(19)20/h5-8,10,16H,9H2,1-4H3,(H,17,18)(H,19,20). The monoisotopic (exact) mass is 278 g/mol. The maximum Gasteiger partial charge on any atom is 0.323 e. The van der Waals surface area contributed by atoms with Gasteiger partial charge in [-0.1, -0.05) is 32.0 Å². The van der Waals surface area contributed by atoms with E-state index in [0.29, 0.717) is 5.92 Å². The van der Waals surface area contributed by atoms with E-state index in [1.165, 1.54) is 13.8 Å². The third-order valence-corrected chi connectivity index (χ3v) is 3.08. The van der Waals surface area contributed by atoms with Crippen LogP contribution in [0.3, 0.4) is 0 Å². The van der Waals surface area contributed by atoms with Gasteiger partial charge in [0, 0.05) is 5.69 Å². The highest BCUT2D eigenvalue weighted by atomic mass is 16.4. The van der Waals surface area contributed by atoms with E-state index in [9.17, 15) is 9.59 Å². The van der Waals surface area contributed by atoms with Gasteiger partial charge in [-0.25, -0.2) is 0 Å². The van der Waals surface area contributed by atoms with Crippen molar-refractivity contribution in [1.29, 1.82) is 0 Å². The molecule has 5 heteroatoms. The third kappa shape index (κ3) is 4.35. The van der Waals surface area contributed by atoms with Gasteiger partial charge in [0.25, 0.3) is 0 Å². The Kier molecular flexibility index (Phi) is 5.27. The lowest BCUT2D eigenvalue weighted by Gasteiger charge is -2.21. The van der Waals surface area contributed by atoms with Crippen LogP contribution in [0.1, 0.15) is 39.2 Å². The van der Waals surface area contributed by atoms with Gasteiger partial charge in [-0.15, -0.1) is 0 Å². The van der Waals surface area contributed by atoms with Gasteiger partial charge < -0.3 is 10.4 Å². The molecule has 0 heterocycles. The second-order valence-electron chi connectivity index (χ2n) is 5.57. The maximum atomic E-state index is 11.9. The molecule has 0 atom stereocenters. The number of aliphatic carboxylic acids is 1. The summed E-state index contributed by atoms with van der Waals surface area (Å²) in [4.78, 5) is 22.8. The number of carboxylic acid groups (broad SMARTS) is 1. The topological polar surface area (TPSA) is 78.4 Å². The molecule has 0 aliphatic heterocycles. The van der Waals surface area contributed by atoms with Crippen molar-refractivity contribution in [2.75, 3.05) is 11.9 Å². The first-order valence-corrected chi connectivity index (χ1v) is 6.61. The Morgan fingerprint density at radius 1 is 1.25 bits per heavy atom. The first-order valence-electron chi connectivity index (χ1n) is 6.61. The number of nitrogens with one attached hydrogen (secondary N) is 2. The minimum atomic E-state index is -1.13. The smallest absolute Gasteiger partial charge is 0.323 e. The molecule has 0 unspecified atom stereocenters. The molecule has 0 saturated carbocycles. The molecule has 1 aromatic rings. The molecule has 5 nitrogen and oxygen atoms in total. The van der Waals surface area contributed by atoms with Crippen LogP contribution < -0.4 is 10.6 Å². The quantitative estimate of drug-likeness (QED) is 0.745. The number of rotatable bonds is 6. The van der Waals surface area contributed by atoms with Crippen LogP contribution >= 0.6 is 0 Å². The minimum Gasteiger partial charge on any atom is -0.480 e. The second-order valence-corrected chi connectivity index (χ2v) is 5.57. The molecule has 0 saturated heterocycles. The van der Waals surface area contributed by atoms with Gasteiger partial charge >= 0.3 is 5.97 Å². The Bertz CT molecular complexity index is 496. The first-order chi connectivity index (χ1) is 9.24. The average molecular weight is 278 g/mol. The van der Waals surface area contributed by atoms with Crippen LogP contribution in [0.15, 0.2) is 24.3 Å². The third-order valence-electron chi connectivity index (χ3n) is 3.08. The first kappa shape index (κ1) is 16.2. The molecule has 110 valence electrons. The number of para-hydroxylation sites is 1. The Hall–Kier alpha value is -1.88. The summed E-state index contributed by atoms with van der Waals surface area (Å²) in [6.45, 7) is 7.09. The largest absolute Gasteiger partial charge is 0.480 e. The highest BCUT2D eigenvalue weighted by molar-refractivity contribution is 5.93. The molecule has 0 fully saturated rings. The van der Waals surface area contributed by atoms with Crippen molar-refractivity contribution in [2.45, 2.75) is 39.2 Å². The molecule has 0 spiro atoms. The van der Waals surface area contributed by atoms with E-state index < -0.39 is 11.5 Å². The van der Waals surface area contributed by atoms with E-state index in [0.717, 1.165) is 11.3 Å². The minimum absolute atomic E-state index is 0.0499. The fraction of sp³-hybridized carbons (Fsp3) is 0.467. The molecule has 0 aliphatic rings. The average Bonchev–Trinajstić information content (AvgIpc) is 2.36. The lowest BCUT2D eigenvalue weighted by atomic mass is 10.0. The van der Waals surface area contributed by atoms with E-state index >= 15 is 0 Å². The Balaban J connectivity index is 2.66. The van der Waals surface area contributed by atoms with Gasteiger partial charge in [0.05, 0.1) is 6.54 Å². The zero-order valence-electron chi connectivity index (χ0n) is 12.4. The van der Waals surface area contributed by atoms with Crippen molar-refractivity contribution in [3.05, 3.63) is 29.8 Å². The van der Waals surface area contributed by atoms with Crippen molar-refractivity contribution in [1.82, 2.24) is 5.32 Å². The number of carbonyl (C=O) groups excluding carboxylic acids is 1. The normalized spacial score (nSPS) is 11.4. The maximum absolute atomic E-state index is 11.9. The van der Waals surface area contributed by atoms with E-state index in [1.54, 1.807) is 0 Å². The predicted octanol–water partition coefficient (Wildman–Crippen LogP) is 2.20. The van der Waals surface area contributed by atoms with Crippen molar-refractivity contribution >= 4 is 17.6 Å². The van der Waals surface area contributed by atoms with Crippen LogP contribution in [-0.2, 0) is 9.59 Å². The molecular weight excluding hydrogens is 256 g/mol. The fourth-order valence-corrected chi connectivity index (χ4v) is 1.69. The van der Waals surface area contributed by atoms with Crippen molar-refractivity contribution < 1.29 is 14.7 Å². The van der Waals surface area contributed by atoms with E-state index in [4.69, 9.17) is 5.11 Å². The summed E-state index contributed by atoms with van der Waals surface area (Å²) >= 11 is 0. The number of amides is 1. The van der Waals surface area contributed by atoms with Crippen LogP contribution in [0.5, 0.6) is 0 Å². The van der Waals surface area contributed by atoms with E-state index in [1.807, 2.05) is 24.3 Å². The molecule has 0 radical (unpaired) electrons. The number of anilines is 1. The molecular formula is C15H22N2O3. The molecule has 1 amide bonds. The van der Waals surface area contributed by atoms with Gasteiger partial charge in [0.15, 0.2) is 0 Å². The summed E-state index contributed by atoms with van der Waals surface area (Å²) in [7, 11) is 0. The van der Waals surface area contributed by atoms with Crippen molar-refractivity contribution in [2.24, 2.45) is 0 Å². The zero-order chi connectivity index (χ0) is 15.3. The second kappa shape index (κ2) is 6.52. The Labute approximate surface area is 119 Å². The molecule has 0 aromatic heterocycles. The van der Waals surface area contributed by atoms with Crippen molar-refractivity contribution in [3.63, 3.8) is 0 Å². The summed E-state index contributed by atoms with van der Waals surface area (Å²) in [5.41, 5.74) is 0.690. The summed E-state index contributed by atoms with van der Waals surface area (Å²) < 4.78 is 0.